The van der Waals surface area contributed by atoms with Gasteiger partial charge in [-0.3, -0.25) is 9.69 Å². The van der Waals surface area contributed by atoms with E-state index in [1.54, 1.807) is 14.0 Å². The molecule has 116 valence electrons. The van der Waals surface area contributed by atoms with Gasteiger partial charge >= 0.3 is 0 Å². The maximum absolute atomic E-state index is 10.9. The van der Waals surface area contributed by atoms with Crippen molar-refractivity contribution >= 4 is 5.91 Å². The topological polar surface area (TPSA) is 67.6 Å². The summed E-state index contributed by atoms with van der Waals surface area (Å²) in [5.74, 6) is 1.33. The van der Waals surface area contributed by atoms with Crippen molar-refractivity contribution in [3.05, 3.63) is 29.8 Å². The lowest BCUT2D eigenvalue weighted by atomic mass is 9.88. The first-order chi connectivity index (χ1) is 10.1. The third-order valence-electron chi connectivity index (χ3n) is 3.95. The Hall–Kier alpha value is -1.59. The van der Waals surface area contributed by atoms with Gasteiger partial charge in [0.2, 0.25) is 5.91 Å². The van der Waals surface area contributed by atoms with Gasteiger partial charge < -0.3 is 15.8 Å². The first kappa shape index (κ1) is 15.8. The zero-order valence-electron chi connectivity index (χ0n) is 12.8. The van der Waals surface area contributed by atoms with E-state index in [0.717, 1.165) is 31.8 Å². The molecule has 1 aromatic rings. The highest BCUT2D eigenvalue weighted by Crippen LogP contribution is 2.27. The van der Waals surface area contributed by atoms with E-state index >= 15 is 0 Å². The SMILES string of the molecule is COc1ccc(C2CC(N)CN(CCNC(C)=O)C2)cc1. The number of hydrogen-bond donors (Lipinski definition) is 2. The molecule has 0 aliphatic carbocycles. The van der Waals surface area contributed by atoms with E-state index in [-0.39, 0.29) is 11.9 Å². The standard InChI is InChI=1S/C16H25N3O2/c1-12(20)18-7-8-19-10-14(9-15(17)11-19)13-3-5-16(21-2)6-4-13/h3-6,14-15H,7-11,17H2,1-2H3,(H,18,20). The molecule has 0 spiro atoms. The zero-order valence-corrected chi connectivity index (χ0v) is 12.8. The average Bonchev–Trinajstić information content (AvgIpc) is 2.46. The third-order valence-corrected chi connectivity index (χ3v) is 3.95. The van der Waals surface area contributed by atoms with Crippen molar-refractivity contribution in [3.8, 4) is 5.75 Å². The van der Waals surface area contributed by atoms with Crippen molar-refractivity contribution in [2.45, 2.75) is 25.3 Å². The molecule has 0 aromatic heterocycles. The van der Waals surface area contributed by atoms with Gasteiger partial charge in [0.05, 0.1) is 7.11 Å². The quantitative estimate of drug-likeness (QED) is 0.847. The second kappa shape index (κ2) is 7.43. The first-order valence-corrected chi connectivity index (χ1v) is 7.45. The zero-order chi connectivity index (χ0) is 15.2. The second-order valence-electron chi connectivity index (χ2n) is 5.71. The molecule has 1 amide bonds. The highest BCUT2D eigenvalue weighted by atomic mass is 16.5. The molecule has 0 saturated carbocycles. The van der Waals surface area contributed by atoms with Gasteiger partial charge in [0.25, 0.3) is 0 Å². The summed E-state index contributed by atoms with van der Waals surface area (Å²) in [7, 11) is 1.68. The second-order valence-corrected chi connectivity index (χ2v) is 5.71. The summed E-state index contributed by atoms with van der Waals surface area (Å²) in [5, 5.41) is 2.84. The summed E-state index contributed by atoms with van der Waals surface area (Å²) in [6, 6.07) is 8.41. The molecular weight excluding hydrogens is 266 g/mol. The normalized spacial score (nSPS) is 22.8. The molecular formula is C16H25N3O2. The maximum Gasteiger partial charge on any atom is 0.216 e. The number of ether oxygens (including phenoxy) is 1. The van der Waals surface area contributed by atoms with Crippen molar-refractivity contribution < 1.29 is 9.53 Å². The maximum atomic E-state index is 10.9. The smallest absolute Gasteiger partial charge is 0.216 e. The van der Waals surface area contributed by atoms with Crippen LogP contribution in [0.3, 0.4) is 0 Å². The molecule has 5 nitrogen and oxygen atoms in total. The molecule has 2 unspecified atom stereocenters. The van der Waals surface area contributed by atoms with Crippen LogP contribution in [0, 0.1) is 0 Å². The highest BCUT2D eigenvalue weighted by molar-refractivity contribution is 5.72. The van der Waals surface area contributed by atoms with Crippen LogP contribution in [0.1, 0.15) is 24.8 Å². The third kappa shape index (κ3) is 4.72. The molecule has 2 atom stereocenters. The van der Waals surface area contributed by atoms with Crippen molar-refractivity contribution in [3.63, 3.8) is 0 Å². The van der Waals surface area contributed by atoms with Gasteiger partial charge in [-0.2, -0.15) is 0 Å². The summed E-state index contributed by atoms with van der Waals surface area (Å²) < 4.78 is 5.20. The molecule has 1 aliphatic rings. The Morgan fingerprint density at radius 2 is 2.10 bits per heavy atom. The molecule has 1 fully saturated rings. The Kier molecular flexibility index (Phi) is 5.59. The van der Waals surface area contributed by atoms with Crippen molar-refractivity contribution in [1.82, 2.24) is 10.2 Å². The number of amides is 1. The summed E-state index contributed by atoms with van der Waals surface area (Å²) >= 11 is 0. The lowest BCUT2D eigenvalue weighted by Crippen LogP contribution is -2.48. The van der Waals surface area contributed by atoms with Crippen LogP contribution in [0.5, 0.6) is 5.75 Å². The van der Waals surface area contributed by atoms with Crippen LogP contribution in [-0.2, 0) is 4.79 Å². The van der Waals surface area contributed by atoms with Crippen molar-refractivity contribution in [2.24, 2.45) is 5.73 Å². The number of rotatable bonds is 5. The van der Waals surface area contributed by atoms with E-state index in [2.05, 4.69) is 22.3 Å². The van der Waals surface area contributed by atoms with Crippen LogP contribution >= 0.6 is 0 Å². The molecule has 3 N–H and O–H groups in total. The van der Waals surface area contributed by atoms with Gasteiger partial charge in [0.1, 0.15) is 5.75 Å². The van der Waals surface area contributed by atoms with Crippen molar-refractivity contribution in [1.29, 1.82) is 0 Å². The van der Waals surface area contributed by atoms with Crippen LogP contribution in [0.25, 0.3) is 0 Å². The van der Waals surface area contributed by atoms with E-state index in [9.17, 15) is 4.79 Å². The molecule has 1 heterocycles. The fraction of sp³-hybridized carbons (Fsp3) is 0.562. The number of carbonyl (C=O) groups is 1. The number of benzene rings is 1. The molecule has 21 heavy (non-hydrogen) atoms. The number of nitrogens with zero attached hydrogens (tertiary/aromatic N) is 1. The van der Waals surface area contributed by atoms with Crippen LogP contribution in [-0.4, -0.2) is 50.1 Å². The fourth-order valence-corrected chi connectivity index (χ4v) is 2.92. The Balaban J connectivity index is 1.94. The Morgan fingerprint density at radius 1 is 1.38 bits per heavy atom. The number of nitrogens with two attached hydrogens (primary N) is 1. The van der Waals surface area contributed by atoms with Crippen molar-refractivity contribution in [2.75, 3.05) is 33.3 Å². The molecule has 0 bridgehead atoms. The number of nitrogens with one attached hydrogen (secondary N) is 1. The molecule has 0 radical (unpaired) electrons. The van der Waals surface area contributed by atoms with Crippen LogP contribution in [0.15, 0.2) is 24.3 Å². The van der Waals surface area contributed by atoms with Gasteiger partial charge in [0, 0.05) is 39.1 Å². The van der Waals surface area contributed by atoms with Gasteiger partial charge in [-0.05, 0) is 30.0 Å². The number of methoxy groups -OCH3 is 1. The lowest BCUT2D eigenvalue weighted by molar-refractivity contribution is -0.119. The minimum atomic E-state index is 0.0167. The van der Waals surface area contributed by atoms with Crippen LogP contribution < -0.4 is 15.8 Å². The van der Waals surface area contributed by atoms with E-state index in [1.165, 1.54) is 5.56 Å². The Labute approximate surface area is 126 Å². The van der Waals surface area contributed by atoms with Gasteiger partial charge in [-0.1, -0.05) is 12.1 Å². The molecule has 2 rings (SSSR count). The number of likely N-dealkylation sites (tertiary alicyclic amines) is 1. The van der Waals surface area contributed by atoms with E-state index in [4.69, 9.17) is 10.5 Å². The van der Waals surface area contributed by atoms with Crippen LogP contribution in [0.4, 0.5) is 0 Å². The monoisotopic (exact) mass is 291 g/mol. The number of hydrogen-bond acceptors (Lipinski definition) is 4. The summed E-state index contributed by atoms with van der Waals surface area (Å²) in [6.45, 7) is 4.95. The van der Waals surface area contributed by atoms with Gasteiger partial charge in [-0.25, -0.2) is 0 Å². The summed E-state index contributed by atoms with van der Waals surface area (Å²) in [6.07, 6.45) is 1.00. The molecule has 5 heteroatoms. The molecule has 1 saturated heterocycles. The minimum absolute atomic E-state index is 0.0167. The van der Waals surface area contributed by atoms with E-state index in [0.29, 0.717) is 12.5 Å². The van der Waals surface area contributed by atoms with Gasteiger partial charge in [0.15, 0.2) is 0 Å². The summed E-state index contributed by atoms with van der Waals surface area (Å²) in [5.41, 5.74) is 7.49. The predicted molar refractivity (Wildman–Crippen MR) is 83.5 cm³/mol. The summed E-state index contributed by atoms with van der Waals surface area (Å²) in [4.78, 5) is 13.3. The number of piperidine rings is 1. The fourth-order valence-electron chi connectivity index (χ4n) is 2.92. The van der Waals surface area contributed by atoms with E-state index < -0.39 is 0 Å². The first-order valence-electron chi connectivity index (χ1n) is 7.45. The molecule has 1 aromatic carbocycles. The largest absolute Gasteiger partial charge is 0.497 e. The minimum Gasteiger partial charge on any atom is -0.497 e. The molecule has 1 aliphatic heterocycles. The Bertz CT molecular complexity index is 461. The Morgan fingerprint density at radius 3 is 2.71 bits per heavy atom. The highest BCUT2D eigenvalue weighted by Gasteiger charge is 2.25. The van der Waals surface area contributed by atoms with Crippen LogP contribution in [0.2, 0.25) is 0 Å². The van der Waals surface area contributed by atoms with Gasteiger partial charge in [-0.15, -0.1) is 0 Å². The lowest BCUT2D eigenvalue weighted by Gasteiger charge is -2.36. The number of carbonyl (C=O) groups excluding carboxylic acids is 1. The average molecular weight is 291 g/mol. The van der Waals surface area contributed by atoms with E-state index in [1.807, 2.05) is 12.1 Å². The predicted octanol–water partition coefficient (Wildman–Crippen LogP) is 0.948.